The third-order valence-corrected chi connectivity index (χ3v) is 5.10. The van der Waals surface area contributed by atoms with Crippen molar-refractivity contribution in [1.29, 1.82) is 0 Å². The molecule has 1 aliphatic heterocycles. The lowest BCUT2D eigenvalue weighted by atomic mass is 10.1. The van der Waals surface area contributed by atoms with Gasteiger partial charge < -0.3 is 24.4 Å². The van der Waals surface area contributed by atoms with Crippen molar-refractivity contribution in [1.82, 2.24) is 0 Å². The smallest absolute Gasteiger partial charge is 0.270 e. The molecule has 0 radical (unpaired) electrons. The maximum absolute atomic E-state index is 13.1. The van der Waals surface area contributed by atoms with Crippen LogP contribution >= 0.6 is 0 Å². The number of non-ortho nitro benzene ring substituents is 1. The van der Waals surface area contributed by atoms with Gasteiger partial charge in [0.2, 0.25) is 0 Å². The molecule has 1 aliphatic rings. The highest BCUT2D eigenvalue weighted by molar-refractivity contribution is 6.08. The van der Waals surface area contributed by atoms with Gasteiger partial charge in [0.05, 0.1) is 29.9 Å². The Kier molecular flexibility index (Phi) is 7.66. The lowest BCUT2D eigenvalue weighted by molar-refractivity contribution is -0.384. The zero-order valence-corrected chi connectivity index (χ0v) is 17.8. The minimum atomic E-state index is -0.494. The summed E-state index contributed by atoms with van der Waals surface area (Å²) in [5, 5.41) is 14.1. The Labute approximate surface area is 181 Å². The molecule has 1 saturated heterocycles. The number of hydrogen-bond donors (Lipinski definition) is 1. The average Bonchev–Trinajstić information content (AvgIpc) is 2.79. The molecule has 0 spiro atoms. The molecular weight excluding hydrogens is 402 g/mol. The Morgan fingerprint density at radius 1 is 1.06 bits per heavy atom. The van der Waals surface area contributed by atoms with Crippen molar-refractivity contribution in [3.05, 3.63) is 52.1 Å². The maximum Gasteiger partial charge on any atom is 0.270 e. The quantitative estimate of drug-likeness (QED) is 0.367. The summed E-state index contributed by atoms with van der Waals surface area (Å²) in [6, 6.07) is 9.47. The number of ether oxygens (including phenoxy) is 3. The molecule has 0 bridgehead atoms. The zero-order valence-electron chi connectivity index (χ0n) is 17.8. The second-order valence-electron chi connectivity index (χ2n) is 7.17. The van der Waals surface area contributed by atoms with E-state index in [1.807, 2.05) is 0 Å². The molecule has 9 heteroatoms. The van der Waals surface area contributed by atoms with Crippen LogP contribution in [-0.4, -0.2) is 51.4 Å². The largest absolute Gasteiger partial charge is 0.493 e. The first-order valence-corrected chi connectivity index (χ1v) is 10.2. The summed E-state index contributed by atoms with van der Waals surface area (Å²) in [6.45, 7) is 2.37. The van der Waals surface area contributed by atoms with Crippen molar-refractivity contribution in [2.45, 2.75) is 19.3 Å². The van der Waals surface area contributed by atoms with Crippen molar-refractivity contribution in [2.75, 3.05) is 50.7 Å². The van der Waals surface area contributed by atoms with Gasteiger partial charge in [0, 0.05) is 44.1 Å². The lowest BCUT2D eigenvalue weighted by Gasteiger charge is -2.30. The van der Waals surface area contributed by atoms with Crippen molar-refractivity contribution in [2.24, 2.45) is 0 Å². The lowest BCUT2D eigenvalue weighted by Crippen LogP contribution is -2.31. The molecule has 1 heterocycles. The number of nitro benzene ring substituents is 1. The minimum Gasteiger partial charge on any atom is -0.493 e. The van der Waals surface area contributed by atoms with Crippen LogP contribution < -0.4 is 19.7 Å². The van der Waals surface area contributed by atoms with Crippen LogP contribution in [0.2, 0.25) is 0 Å². The Morgan fingerprint density at radius 2 is 1.84 bits per heavy atom. The van der Waals surface area contributed by atoms with Gasteiger partial charge in [-0.2, -0.15) is 0 Å². The zero-order chi connectivity index (χ0) is 22.2. The average molecular weight is 429 g/mol. The van der Waals surface area contributed by atoms with Crippen LogP contribution in [0.15, 0.2) is 36.4 Å². The number of amides is 1. The molecule has 31 heavy (non-hydrogen) atoms. The van der Waals surface area contributed by atoms with Crippen LogP contribution in [-0.2, 0) is 4.74 Å². The van der Waals surface area contributed by atoms with Gasteiger partial charge in [0.25, 0.3) is 11.6 Å². The Hall–Kier alpha value is -3.33. The van der Waals surface area contributed by atoms with E-state index in [1.54, 1.807) is 31.4 Å². The second-order valence-corrected chi connectivity index (χ2v) is 7.17. The molecule has 1 amide bonds. The highest BCUT2D eigenvalue weighted by Crippen LogP contribution is 2.32. The fourth-order valence-electron chi connectivity index (χ4n) is 3.53. The van der Waals surface area contributed by atoms with Gasteiger partial charge in [0.1, 0.15) is 6.61 Å². The van der Waals surface area contributed by atoms with E-state index in [0.29, 0.717) is 36.1 Å². The van der Waals surface area contributed by atoms with Crippen LogP contribution in [0.5, 0.6) is 11.5 Å². The molecular formula is C22H27N3O6. The summed E-state index contributed by atoms with van der Waals surface area (Å²) in [4.78, 5) is 26.0. The molecule has 2 aromatic rings. The molecule has 1 N–H and O–H groups in total. The van der Waals surface area contributed by atoms with Gasteiger partial charge >= 0.3 is 0 Å². The summed E-state index contributed by atoms with van der Waals surface area (Å²) in [5.41, 5.74) is 1.35. The molecule has 1 fully saturated rings. The third-order valence-electron chi connectivity index (χ3n) is 5.10. The highest BCUT2D eigenvalue weighted by atomic mass is 16.6. The van der Waals surface area contributed by atoms with Crippen molar-refractivity contribution < 1.29 is 23.9 Å². The number of hydrogen-bond acceptors (Lipinski definition) is 7. The third kappa shape index (κ3) is 5.64. The molecule has 166 valence electrons. The van der Waals surface area contributed by atoms with Crippen LogP contribution in [0, 0.1) is 10.1 Å². The fourth-order valence-corrected chi connectivity index (χ4v) is 3.53. The summed E-state index contributed by atoms with van der Waals surface area (Å²) in [5.74, 6) is 0.573. The second kappa shape index (κ2) is 10.6. The van der Waals surface area contributed by atoms with Gasteiger partial charge in [-0.15, -0.1) is 0 Å². The SMILES string of the molecule is COCCOc1cc(NC(=O)c2cc([N+](=O)[O-])ccc2N2CCCCC2)ccc1OC. The fraction of sp³-hybridized carbons (Fsp3) is 0.409. The van der Waals surface area contributed by atoms with Crippen LogP contribution in [0.1, 0.15) is 29.6 Å². The number of carbonyl (C=O) groups excluding carboxylic acids is 1. The van der Waals surface area contributed by atoms with Crippen molar-refractivity contribution in [3.63, 3.8) is 0 Å². The Balaban J connectivity index is 1.87. The number of benzene rings is 2. The van der Waals surface area contributed by atoms with E-state index < -0.39 is 10.8 Å². The number of methoxy groups -OCH3 is 2. The van der Waals surface area contributed by atoms with Crippen molar-refractivity contribution in [3.8, 4) is 11.5 Å². The van der Waals surface area contributed by atoms with E-state index >= 15 is 0 Å². The summed E-state index contributed by atoms with van der Waals surface area (Å²) in [6.07, 6.45) is 3.19. The predicted molar refractivity (Wildman–Crippen MR) is 117 cm³/mol. The van der Waals surface area contributed by atoms with E-state index in [2.05, 4.69) is 10.2 Å². The molecule has 0 saturated carbocycles. The number of carbonyl (C=O) groups is 1. The number of nitro groups is 1. The number of piperidine rings is 1. The Bertz CT molecular complexity index is 927. The van der Waals surface area contributed by atoms with E-state index in [9.17, 15) is 14.9 Å². The normalized spacial score (nSPS) is 13.5. The molecule has 0 atom stereocenters. The summed E-state index contributed by atoms with van der Waals surface area (Å²) < 4.78 is 16.0. The maximum atomic E-state index is 13.1. The molecule has 0 unspecified atom stereocenters. The highest BCUT2D eigenvalue weighted by Gasteiger charge is 2.22. The summed E-state index contributed by atoms with van der Waals surface area (Å²) in [7, 11) is 3.11. The monoisotopic (exact) mass is 429 g/mol. The van der Waals surface area contributed by atoms with Gasteiger partial charge in [-0.1, -0.05) is 0 Å². The van der Waals surface area contributed by atoms with Gasteiger partial charge in [0.15, 0.2) is 11.5 Å². The number of nitrogens with one attached hydrogen (secondary N) is 1. The van der Waals surface area contributed by atoms with E-state index in [4.69, 9.17) is 14.2 Å². The van der Waals surface area contributed by atoms with Gasteiger partial charge in [-0.3, -0.25) is 14.9 Å². The van der Waals surface area contributed by atoms with Gasteiger partial charge in [-0.05, 0) is 37.5 Å². The van der Waals surface area contributed by atoms with Gasteiger partial charge in [-0.25, -0.2) is 0 Å². The first-order valence-electron chi connectivity index (χ1n) is 10.2. The van der Waals surface area contributed by atoms with E-state index in [1.165, 1.54) is 19.2 Å². The molecule has 2 aromatic carbocycles. The van der Waals surface area contributed by atoms with E-state index in [0.717, 1.165) is 32.4 Å². The minimum absolute atomic E-state index is 0.121. The molecule has 0 aliphatic carbocycles. The van der Waals surface area contributed by atoms with E-state index in [-0.39, 0.29) is 11.3 Å². The molecule has 3 rings (SSSR count). The first-order chi connectivity index (χ1) is 15.0. The van der Waals surface area contributed by atoms with Crippen LogP contribution in [0.3, 0.4) is 0 Å². The number of nitrogens with zero attached hydrogens (tertiary/aromatic N) is 2. The first kappa shape index (κ1) is 22.4. The summed E-state index contributed by atoms with van der Waals surface area (Å²) >= 11 is 0. The molecule has 0 aromatic heterocycles. The topological polar surface area (TPSA) is 103 Å². The predicted octanol–water partition coefficient (Wildman–Crippen LogP) is 3.87. The van der Waals surface area contributed by atoms with Crippen molar-refractivity contribution >= 4 is 23.0 Å². The molecule has 9 nitrogen and oxygen atoms in total. The Morgan fingerprint density at radius 3 is 2.52 bits per heavy atom. The van der Waals surface area contributed by atoms with Crippen LogP contribution in [0.4, 0.5) is 17.1 Å². The number of rotatable bonds is 9. The standard InChI is InChI=1S/C22H27N3O6/c1-29-12-13-31-21-14-16(6-9-20(21)30-2)23-22(26)18-15-17(25(27)28)7-8-19(18)24-10-4-3-5-11-24/h6-9,14-15H,3-5,10-13H2,1-2H3,(H,23,26). The van der Waals surface area contributed by atoms with Crippen LogP contribution in [0.25, 0.3) is 0 Å². The number of anilines is 2.